The van der Waals surface area contributed by atoms with Gasteiger partial charge in [0.15, 0.2) is 0 Å². The minimum Gasteiger partial charge on any atom is -0.319 e. The Balaban J connectivity index is 2.38. The molecule has 0 aromatic carbocycles. The lowest BCUT2D eigenvalue weighted by Crippen LogP contribution is -2.31. The molecule has 0 saturated heterocycles. The van der Waals surface area contributed by atoms with Crippen molar-refractivity contribution >= 4 is 5.91 Å². The first-order valence-corrected chi connectivity index (χ1v) is 4.93. The van der Waals surface area contributed by atoms with Gasteiger partial charge in [-0.05, 0) is 12.3 Å². The highest BCUT2D eigenvalue weighted by atomic mass is 19.4. The van der Waals surface area contributed by atoms with Crippen LogP contribution in [-0.4, -0.2) is 23.5 Å². The number of amides is 1. The van der Waals surface area contributed by atoms with E-state index in [4.69, 9.17) is 0 Å². The van der Waals surface area contributed by atoms with Crippen LogP contribution in [0.15, 0.2) is 12.3 Å². The molecule has 0 bridgehead atoms. The van der Waals surface area contributed by atoms with Crippen molar-refractivity contribution in [1.82, 2.24) is 4.90 Å². The molecule has 0 N–H and O–H groups in total. The van der Waals surface area contributed by atoms with E-state index in [1.165, 1.54) is 4.90 Å². The van der Waals surface area contributed by atoms with E-state index in [1.54, 1.807) is 6.20 Å². The van der Waals surface area contributed by atoms with Gasteiger partial charge in [-0.2, -0.15) is 13.2 Å². The van der Waals surface area contributed by atoms with Gasteiger partial charge in [-0.3, -0.25) is 4.79 Å². The van der Waals surface area contributed by atoms with Crippen LogP contribution in [0.2, 0.25) is 0 Å². The van der Waals surface area contributed by atoms with Crippen LogP contribution in [-0.2, 0) is 4.79 Å². The summed E-state index contributed by atoms with van der Waals surface area (Å²) in [6, 6.07) is 0. The highest BCUT2D eigenvalue weighted by Gasteiger charge is 2.29. The predicted octanol–water partition coefficient (Wildman–Crippen LogP) is 2.71. The van der Waals surface area contributed by atoms with Crippen LogP contribution in [0.25, 0.3) is 0 Å². The Morgan fingerprint density at radius 3 is 2.67 bits per heavy atom. The Bertz CT molecular complexity index is 260. The summed E-state index contributed by atoms with van der Waals surface area (Å²) in [6.45, 7) is 2.53. The van der Waals surface area contributed by atoms with E-state index in [-0.39, 0.29) is 0 Å². The Kier molecular flexibility index (Phi) is 3.77. The highest BCUT2D eigenvalue weighted by Crippen LogP contribution is 2.22. The van der Waals surface area contributed by atoms with Crippen LogP contribution in [0.1, 0.15) is 26.2 Å². The molecule has 86 valence electrons. The highest BCUT2D eigenvalue weighted by molar-refractivity contribution is 5.77. The van der Waals surface area contributed by atoms with Crippen LogP contribution in [0.4, 0.5) is 13.2 Å². The number of rotatable bonds is 2. The Morgan fingerprint density at radius 1 is 1.53 bits per heavy atom. The molecule has 5 heteroatoms. The van der Waals surface area contributed by atoms with Gasteiger partial charge < -0.3 is 4.90 Å². The molecular weight excluding hydrogens is 207 g/mol. The third kappa shape index (κ3) is 4.36. The summed E-state index contributed by atoms with van der Waals surface area (Å²) < 4.78 is 35.6. The topological polar surface area (TPSA) is 20.3 Å². The second kappa shape index (κ2) is 4.68. The number of hydrogen-bond donors (Lipinski definition) is 0. The van der Waals surface area contributed by atoms with E-state index in [0.717, 1.165) is 6.42 Å². The van der Waals surface area contributed by atoms with Gasteiger partial charge in [0.1, 0.15) is 0 Å². The van der Waals surface area contributed by atoms with Gasteiger partial charge in [-0.15, -0.1) is 0 Å². The van der Waals surface area contributed by atoms with E-state index in [2.05, 4.69) is 0 Å². The normalized spacial score (nSPS) is 21.9. The van der Waals surface area contributed by atoms with Crippen LogP contribution >= 0.6 is 0 Å². The summed E-state index contributed by atoms with van der Waals surface area (Å²) >= 11 is 0. The molecule has 0 aromatic rings. The fourth-order valence-corrected chi connectivity index (χ4v) is 1.36. The molecule has 0 aliphatic carbocycles. The van der Waals surface area contributed by atoms with E-state index in [1.807, 2.05) is 13.0 Å². The molecule has 1 aliphatic heterocycles. The first kappa shape index (κ1) is 12.1. The molecule has 0 saturated carbocycles. The monoisotopic (exact) mass is 221 g/mol. The summed E-state index contributed by atoms with van der Waals surface area (Å²) in [5, 5.41) is 0. The van der Waals surface area contributed by atoms with E-state index in [0.29, 0.717) is 12.5 Å². The smallest absolute Gasteiger partial charge is 0.319 e. The van der Waals surface area contributed by atoms with Crippen LogP contribution in [0.5, 0.6) is 0 Å². The summed E-state index contributed by atoms with van der Waals surface area (Å²) in [6.07, 6.45) is -1.49. The van der Waals surface area contributed by atoms with Crippen molar-refractivity contribution in [3.8, 4) is 0 Å². The minimum absolute atomic E-state index is 0.400. The number of hydrogen-bond acceptors (Lipinski definition) is 1. The van der Waals surface area contributed by atoms with Crippen LogP contribution in [0, 0.1) is 5.92 Å². The van der Waals surface area contributed by atoms with Gasteiger partial charge in [0, 0.05) is 19.2 Å². The van der Waals surface area contributed by atoms with Gasteiger partial charge in [0.2, 0.25) is 5.91 Å². The standard InChI is InChI=1S/C10H14F3NO/c1-8-3-6-14(7-4-8)9(15)2-5-10(11,12)13/h3,6,8H,2,4-5,7H2,1H3. The molecule has 1 atom stereocenters. The van der Waals surface area contributed by atoms with Crippen molar-refractivity contribution in [3.05, 3.63) is 12.3 Å². The zero-order valence-corrected chi connectivity index (χ0v) is 8.55. The number of nitrogens with zero attached hydrogens (tertiary/aromatic N) is 1. The zero-order chi connectivity index (χ0) is 11.5. The number of carbonyl (C=O) groups excluding carboxylic acids is 1. The van der Waals surface area contributed by atoms with Crippen molar-refractivity contribution in [2.45, 2.75) is 32.4 Å². The van der Waals surface area contributed by atoms with Gasteiger partial charge in [-0.25, -0.2) is 0 Å². The summed E-state index contributed by atoms with van der Waals surface area (Å²) in [4.78, 5) is 12.7. The van der Waals surface area contributed by atoms with Crippen LogP contribution < -0.4 is 0 Å². The molecule has 0 fully saturated rings. The lowest BCUT2D eigenvalue weighted by atomic mass is 10.0. The molecule has 0 radical (unpaired) electrons. The molecule has 1 amide bonds. The van der Waals surface area contributed by atoms with Crippen molar-refractivity contribution in [2.75, 3.05) is 6.54 Å². The van der Waals surface area contributed by atoms with Crippen LogP contribution in [0.3, 0.4) is 0 Å². The van der Waals surface area contributed by atoms with Crippen molar-refractivity contribution in [1.29, 1.82) is 0 Å². The zero-order valence-electron chi connectivity index (χ0n) is 8.55. The largest absolute Gasteiger partial charge is 0.389 e. The van der Waals surface area contributed by atoms with Gasteiger partial charge in [0.05, 0.1) is 6.42 Å². The minimum atomic E-state index is -4.25. The number of alkyl halides is 3. The molecule has 1 heterocycles. The van der Waals surface area contributed by atoms with Crippen molar-refractivity contribution in [3.63, 3.8) is 0 Å². The molecule has 2 nitrogen and oxygen atoms in total. The lowest BCUT2D eigenvalue weighted by molar-refractivity contribution is -0.147. The maximum Gasteiger partial charge on any atom is 0.389 e. The maximum atomic E-state index is 11.9. The van der Waals surface area contributed by atoms with Gasteiger partial charge in [0.25, 0.3) is 0 Å². The Hall–Kier alpha value is -1.00. The second-order valence-electron chi connectivity index (χ2n) is 3.81. The lowest BCUT2D eigenvalue weighted by Gasteiger charge is -2.24. The fourth-order valence-electron chi connectivity index (χ4n) is 1.36. The molecule has 15 heavy (non-hydrogen) atoms. The second-order valence-corrected chi connectivity index (χ2v) is 3.81. The number of halogens is 3. The van der Waals surface area contributed by atoms with Gasteiger partial charge in [-0.1, -0.05) is 13.0 Å². The SMILES string of the molecule is CC1C=CN(C(=O)CCC(F)(F)F)CC1. The third-order valence-corrected chi connectivity index (χ3v) is 2.36. The summed E-state index contributed by atoms with van der Waals surface area (Å²) in [5.41, 5.74) is 0. The molecular formula is C10H14F3NO. The predicted molar refractivity (Wildman–Crippen MR) is 49.9 cm³/mol. The first-order chi connectivity index (χ1) is 6.88. The van der Waals surface area contributed by atoms with E-state index >= 15 is 0 Å². The number of carbonyl (C=O) groups is 1. The average Bonchev–Trinajstić information content (AvgIpc) is 2.14. The first-order valence-electron chi connectivity index (χ1n) is 4.93. The Labute approximate surface area is 86.7 Å². The average molecular weight is 221 g/mol. The van der Waals surface area contributed by atoms with Gasteiger partial charge >= 0.3 is 6.18 Å². The van der Waals surface area contributed by atoms with E-state index in [9.17, 15) is 18.0 Å². The third-order valence-electron chi connectivity index (χ3n) is 2.36. The van der Waals surface area contributed by atoms with Crippen molar-refractivity contribution < 1.29 is 18.0 Å². The molecule has 0 aromatic heterocycles. The molecule has 1 unspecified atom stereocenters. The maximum absolute atomic E-state index is 11.9. The summed E-state index contributed by atoms with van der Waals surface area (Å²) in [5.74, 6) is -0.0489. The molecule has 1 aliphatic rings. The van der Waals surface area contributed by atoms with Crippen molar-refractivity contribution in [2.24, 2.45) is 5.92 Å². The van der Waals surface area contributed by atoms with E-state index < -0.39 is 24.9 Å². The quantitative estimate of drug-likeness (QED) is 0.702. The molecule has 0 spiro atoms. The summed E-state index contributed by atoms with van der Waals surface area (Å²) in [7, 11) is 0. The number of allylic oxidation sites excluding steroid dienone is 1. The fraction of sp³-hybridized carbons (Fsp3) is 0.700. The Morgan fingerprint density at radius 2 is 2.20 bits per heavy atom. The molecule has 1 rings (SSSR count).